The van der Waals surface area contributed by atoms with Gasteiger partial charge in [-0.15, -0.1) is 0 Å². The molecule has 1 atom stereocenters. The van der Waals surface area contributed by atoms with E-state index >= 15 is 0 Å². The van der Waals surface area contributed by atoms with E-state index in [4.69, 9.17) is 11.6 Å². The number of ketones is 1. The average Bonchev–Trinajstić information content (AvgIpc) is 2.77. The Morgan fingerprint density at radius 2 is 1.71 bits per heavy atom. The summed E-state index contributed by atoms with van der Waals surface area (Å²) in [5.74, 6) is -1.91. The molecule has 0 aliphatic heterocycles. The van der Waals surface area contributed by atoms with Gasteiger partial charge in [-0.25, -0.2) is 4.39 Å². The first-order chi connectivity index (χ1) is 14.9. The predicted octanol–water partition coefficient (Wildman–Crippen LogP) is 3.09. The summed E-state index contributed by atoms with van der Waals surface area (Å²) in [6.07, 6.45) is 1.22. The Kier molecular flexibility index (Phi) is 7.33. The lowest BCUT2D eigenvalue weighted by Crippen LogP contribution is -2.44. The molecule has 6 nitrogen and oxygen atoms in total. The topological polar surface area (TPSA) is 79.6 Å². The number of rotatable bonds is 8. The number of aromatic nitrogens is 1. The first kappa shape index (κ1) is 22.4. The van der Waals surface area contributed by atoms with Crippen molar-refractivity contribution in [3.63, 3.8) is 0 Å². The van der Waals surface area contributed by atoms with E-state index in [9.17, 15) is 23.9 Å². The minimum absolute atomic E-state index is 0.0454. The van der Waals surface area contributed by atoms with Crippen molar-refractivity contribution in [2.24, 2.45) is 0 Å². The molecule has 0 spiro atoms. The predicted molar refractivity (Wildman–Crippen MR) is 114 cm³/mol. The van der Waals surface area contributed by atoms with Crippen molar-refractivity contribution in [2.75, 3.05) is 13.2 Å². The van der Waals surface area contributed by atoms with Crippen LogP contribution < -0.4 is 5.56 Å². The number of halogens is 2. The maximum Gasteiger partial charge on any atom is 0.254 e. The highest BCUT2D eigenvalue weighted by Crippen LogP contribution is 2.20. The highest BCUT2D eigenvalue weighted by molar-refractivity contribution is 6.30. The average molecular weight is 443 g/mol. The fourth-order valence-corrected chi connectivity index (χ4v) is 3.34. The van der Waals surface area contributed by atoms with Crippen LogP contribution in [0.5, 0.6) is 0 Å². The van der Waals surface area contributed by atoms with Gasteiger partial charge in [0.05, 0.1) is 11.6 Å². The normalized spacial score (nSPS) is 11.7. The van der Waals surface area contributed by atoms with E-state index in [1.165, 1.54) is 29.3 Å². The zero-order valence-corrected chi connectivity index (χ0v) is 17.2. The molecule has 1 aromatic heterocycles. The molecule has 0 aliphatic carbocycles. The summed E-state index contributed by atoms with van der Waals surface area (Å²) in [5, 5.41) is 9.66. The molecule has 160 valence electrons. The van der Waals surface area contributed by atoms with Crippen molar-refractivity contribution in [3.05, 3.63) is 105 Å². The summed E-state index contributed by atoms with van der Waals surface area (Å²) in [5.41, 5.74) is 0.257. The van der Waals surface area contributed by atoms with Crippen molar-refractivity contribution in [1.29, 1.82) is 0 Å². The molecule has 8 heteroatoms. The van der Waals surface area contributed by atoms with E-state index < -0.39 is 29.1 Å². The van der Waals surface area contributed by atoms with E-state index in [-0.39, 0.29) is 30.3 Å². The van der Waals surface area contributed by atoms with Crippen LogP contribution in [0.25, 0.3) is 0 Å². The van der Waals surface area contributed by atoms with Gasteiger partial charge in [0.1, 0.15) is 5.82 Å². The molecular weight excluding hydrogens is 423 g/mol. The van der Waals surface area contributed by atoms with Gasteiger partial charge in [-0.2, -0.15) is 0 Å². The standard InChI is InChI=1S/C23H20ClFN2O4/c24-18-8-11-20(29)27(15-18)21(22(30)17-6-9-19(25)10-7-17)23(31)26(12-13-28)14-16-4-2-1-3-5-16/h1-11,15,21,28H,12-14H2/t21-/m0/s1. The third kappa shape index (κ3) is 5.45. The maximum atomic E-state index is 13.5. The molecule has 31 heavy (non-hydrogen) atoms. The second kappa shape index (κ2) is 10.1. The van der Waals surface area contributed by atoms with Crippen LogP contribution in [0.3, 0.4) is 0 Å². The summed E-state index contributed by atoms with van der Waals surface area (Å²) in [6.45, 7) is -0.251. The molecule has 0 aliphatic rings. The lowest BCUT2D eigenvalue weighted by atomic mass is 10.0. The largest absolute Gasteiger partial charge is 0.395 e. The quantitative estimate of drug-likeness (QED) is 0.429. The van der Waals surface area contributed by atoms with Crippen LogP contribution in [0.4, 0.5) is 4.39 Å². The molecule has 0 saturated carbocycles. The molecule has 2 aromatic carbocycles. The van der Waals surface area contributed by atoms with Gasteiger partial charge >= 0.3 is 0 Å². The van der Waals surface area contributed by atoms with Gasteiger partial charge < -0.3 is 10.0 Å². The van der Waals surface area contributed by atoms with Gasteiger partial charge in [0.25, 0.3) is 11.5 Å². The molecule has 0 bridgehead atoms. The fraction of sp³-hybridized carbons (Fsp3) is 0.174. The molecule has 3 aromatic rings. The second-order valence-corrected chi connectivity index (χ2v) is 7.27. The molecule has 3 rings (SSSR count). The van der Waals surface area contributed by atoms with Crippen LogP contribution >= 0.6 is 11.6 Å². The smallest absolute Gasteiger partial charge is 0.254 e. The monoisotopic (exact) mass is 442 g/mol. The number of carbonyl (C=O) groups excluding carboxylic acids is 2. The molecule has 0 fully saturated rings. The Balaban J connectivity index is 2.06. The highest BCUT2D eigenvalue weighted by atomic mass is 35.5. The molecule has 1 N–H and O–H groups in total. The molecule has 1 amide bonds. The van der Waals surface area contributed by atoms with Gasteiger partial charge in [0.15, 0.2) is 11.8 Å². The first-order valence-electron chi connectivity index (χ1n) is 9.51. The van der Waals surface area contributed by atoms with E-state index in [1.807, 2.05) is 6.07 Å². The molecular formula is C23H20ClFN2O4. The van der Waals surface area contributed by atoms with Crippen LogP contribution in [0.2, 0.25) is 5.02 Å². The maximum absolute atomic E-state index is 13.5. The summed E-state index contributed by atoms with van der Waals surface area (Å²) in [7, 11) is 0. The third-order valence-corrected chi connectivity index (χ3v) is 4.91. The number of aliphatic hydroxyl groups is 1. The second-order valence-electron chi connectivity index (χ2n) is 6.84. The van der Waals surface area contributed by atoms with E-state index in [0.717, 1.165) is 28.3 Å². The minimum atomic E-state index is -1.56. The van der Waals surface area contributed by atoms with Crippen LogP contribution in [-0.4, -0.2) is 39.4 Å². The lowest BCUT2D eigenvalue weighted by molar-refractivity contribution is -0.134. The number of pyridine rings is 1. The van der Waals surface area contributed by atoms with Crippen LogP contribution in [0, 0.1) is 5.82 Å². The summed E-state index contributed by atoms with van der Waals surface area (Å²) >= 11 is 6.02. The van der Waals surface area contributed by atoms with Gasteiger partial charge in [-0.05, 0) is 35.9 Å². The number of carbonyl (C=O) groups is 2. The lowest BCUT2D eigenvalue weighted by Gasteiger charge is -2.27. The molecule has 1 heterocycles. The summed E-state index contributed by atoms with van der Waals surface area (Å²) in [6, 6.07) is 14.7. The summed E-state index contributed by atoms with van der Waals surface area (Å²) < 4.78 is 14.3. The first-order valence-corrected chi connectivity index (χ1v) is 9.89. The van der Waals surface area contributed by atoms with Crippen LogP contribution in [-0.2, 0) is 11.3 Å². The van der Waals surface area contributed by atoms with Crippen molar-refractivity contribution < 1.29 is 19.1 Å². The number of amides is 1. The van der Waals surface area contributed by atoms with Crippen molar-refractivity contribution in [3.8, 4) is 0 Å². The van der Waals surface area contributed by atoms with Gasteiger partial charge in [0.2, 0.25) is 0 Å². The Bertz CT molecular complexity index is 1120. The number of hydrogen-bond acceptors (Lipinski definition) is 4. The zero-order chi connectivity index (χ0) is 22.4. The Morgan fingerprint density at radius 3 is 2.35 bits per heavy atom. The number of nitrogens with zero attached hydrogens (tertiary/aromatic N) is 2. The molecule has 0 unspecified atom stereocenters. The Hall–Kier alpha value is -3.29. The van der Waals surface area contributed by atoms with Crippen LogP contribution in [0.15, 0.2) is 77.7 Å². The SMILES string of the molecule is O=C(c1ccc(F)cc1)[C@@H](C(=O)N(CCO)Cc1ccccc1)n1cc(Cl)ccc1=O. The molecule has 0 radical (unpaired) electrons. The Labute approximate surface area is 183 Å². The number of benzene rings is 2. The van der Waals surface area contributed by atoms with Crippen molar-refractivity contribution in [1.82, 2.24) is 9.47 Å². The summed E-state index contributed by atoms with van der Waals surface area (Å²) in [4.78, 5) is 40.6. The van der Waals surface area contributed by atoms with E-state index in [2.05, 4.69) is 0 Å². The van der Waals surface area contributed by atoms with Gasteiger partial charge in [0, 0.05) is 30.9 Å². The van der Waals surface area contributed by atoms with Crippen molar-refractivity contribution >= 4 is 23.3 Å². The number of hydrogen-bond donors (Lipinski definition) is 1. The fourth-order valence-electron chi connectivity index (χ4n) is 3.17. The minimum Gasteiger partial charge on any atom is -0.395 e. The van der Waals surface area contributed by atoms with Gasteiger partial charge in [-0.3, -0.25) is 19.0 Å². The third-order valence-electron chi connectivity index (χ3n) is 4.69. The number of Topliss-reactive ketones (excluding diaryl/α,β-unsaturated/α-hetero) is 1. The van der Waals surface area contributed by atoms with Crippen molar-refractivity contribution in [2.45, 2.75) is 12.6 Å². The van der Waals surface area contributed by atoms with E-state index in [1.54, 1.807) is 24.3 Å². The highest BCUT2D eigenvalue weighted by Gasteiger charge is 2.34. The van der Waals surface area contributed by atoms with E-state index in [0.29, 0.717) is 0 Å². The zero-order valence-electron chi connectivity index (χ0n) is 16.4. The van der Waals surface area contributed by atoms with Crippen LogP contribution in [0.1, 0.15) is 22.0 Å². The molecule has 0 saturated heterocycles. The van der Waals surface area contributed by atoms with Gasteiger partial charge in [-0.1, -0.05) is 41.9 Å². The number of aliphatic hydroxyl groups excluding tert-OH is 1. The Morgan fingerprint density at radius 1 is 1.03 bits per heavy atom.